The van der Waals surface area contributed by atoms with Gasteiger partial charge in [-0.25, -0.2) is 0 Å². The van der Waals surface area contributed by atoms with Crippen LogP contribution in [0.25, 0.3) is 0 Å². The first-order valence-corrected chi connectivity index (χ1v) is 6.10. The Balaban J connectivity index is 1.86. The van der Waals surface area contributed by atoms with Gasteiger partial charge in [0.25, 0.3) is 6.47 Å². The van der Waals surface area contributed by atoms with Gasteiger partial charge in [-0.1, -0.05) is 36.8 Å². The van der Waals surface area contributed by atoms with Gasteiger partial charge in [0.15, 0.2) is 0 Å². The van der Waals surface area contributed by atoms with Crippen molar-refractivity contribution in [3.63, 3.8) is 0 Å². The topological polar surface area (TPSA) is 35.5 Å². The minimum absolute atomic E-state index is 0.503. The molecule has 94 valence electrons. The quantitative estimate of drug-likeness (QED) is 0.463. The molecule has 0 fully saturated rings. The van der Waals surface area contributed by atoms with Gasteiger partial charge < -0.3 is 9.47 Å². The third-order valence-corrected chi connectivity index (χ3v) is 2.48. The van der Waals surface area contributed by atoms with E-state index in [1.807, 2.05) is 18.2 Å². The monoisotopic (exact) mass is 236 g/mol. The summed E-state index contributed by atoms with van der Waals surface area (Å²) >= 11 is 0. The molecule has 1 rings (SSSR count). The zero-order valence-electron chi connectivity index (χ0n) is 10.1. The molecule has 17 heavy (non-hydrogen) atoms. The highest BCUT2D eigenvalue weighted by molar-refractivity contribution is 5.36. The molecule has 0 aliphatic heterocycles. The second-order valence-electron chi connectivity index (χ2n) is 3.92. The predicted octanol–water partition coefficient (Wildman–Crippen LogP) is 2.94. The lowest BCUT2D eigenvalue weighted by molar-refractivity contribution is -0.128. The summed E-state index contributed by atoms with van der Waals surface area (Å²) in [5.41, 5.74) is 1.21. The molecule has 0 radical (unpaired) electrons. The Morgan fingerprint density at radius 3 is 2.35 bits per heavy atom. The third kappa shape index (κ3) is 7.53. The molecule has 1 aromatic carbocycles. The van der Waals surface area contributed by atoms with Crippen molar-refractivity contribution in [1.82, 2.24) is 0 Å². The summed E-state index contributed by atoms with van der Waals surface area (Å²) in [7, 11) is 0. The predicted molar refractivity (Wildman–Crippen MR) is 66.6 cm³/mol. The smallest absolute Gasteiger partial charge is 0.293 e. The van der Waals surface area contributed by atoms with Crippen LogP contribution in [0.2, 0.25) is 0 Å². The van der Waals surface area contributed by atoms with Crippen molar-refractivity contribution in [3.05, 3.63) is 35.9 Å². The molecular weight excluding hydrogens is 216 g/mol. The van der Waals surface area contributed by atoms with Crippen molar-refractivity contribution in [3.8, 4) is 0 Å². The van der Waals surface area contributed by atoms with E-state index in [0.717, 1.165) is 32.3 Å². The largest absolute Gasteiger partial charge is 0.468 e. The Kier molecular flexibility index (Phi) is 7.94. The SMILES string of the molecule is O=COCCCCCCOCc1ccccc1. The Labute approximate surface area is 103 Å². The van der Waals surface area contributed by atoms with Crippen molar-refractivity contribution in [2.75, 3.05) is 13.2 Å². The van der Waals surface area contributed by atoms with Crippen LogP contribution in [0, 0.1) is 0 Å². The molecular formula is C14H20O3. The zero-order valence-corrected chi connectivity index (χ0v) is 10.1. The van der Waals surface area contributed by atoms with E-state index in [0.29, 0.717) is 19.7 Å². The molecule has 0 N–H and O–H groups in total. The van der Waals surface area contributed by atoms with E-state index in [-0.39, 0.29) is 0 Å². The second-order valence-corrected chi connectivity index (χ2v) is 3.92. The second kappa shape index (κ2) is 9.85. The van der Waals surface area contributed by atoms with Gasteiger partial charge in [-0.05, 0) is 24.8 Å². The van der Waals surface area contributed by atoms with Crippen LogP contribution >= 0.6 is 0 Å². The van der Waals surface area contributed by atoms with Crippen LogP contribution in [0.5, 0.6) is 0 Å². The Hall–Kier alpha value is -1.35. The molecule has 3 heteroatoms. The van der Waals surface area contributed by atoms with E-state index >= 15 is 0 Å². The number of rotatable bonds is 10. The van der Waals surface area contributed by atoms with Crippen molar-refractivity contribution < 1.29 is 14.3 Å². The average Bonchev–Trinajstić information content (AvgIpc) is 2.38. The van der Waals surface area contributed by atoms with Gasteiger partial charge in [-0.3, -0.25) is 4.79 Å². The van der Waals surface area contributed by atoms with Crippen LogP contribution in [-0.2, 0) is 20.9 Å². The number of benzene rings is 1. The summed E-state index contributed by atoms with van der Waals surface area (Å²) in [5, 5.41) is 0. The normalized spacial score (nSPS) is 10.1. The standard InChI is InChI=1S/C14H20O3/c15-13-17-11-7-2-1-6-10-16-12-14-8-4-3-5-9-14/h3-5,8-9,13H,1-2,6-7,10-12H2. The maximum absolute atomic E-state index is 9.87. The fourth-order valence-electron chi connectivity index (χ4n) is 1.56. The van der Waals surface area contributed by atoms with Gasteiger partial charge in [0.2, 0.25) is 0 Å². The van der Waals surface area contributed by atoms with Crippen LogP contribution in [0.15, 0.2) is 30.3 Å². The minimum atomic E-state index is 0.503. The summed E-state index contributed by atoms with van der Waals surface area (Å²) in [6, 6.07) is 10.2. The maximum Gasteiger partial charge on any atom is 0.293 e. The minimum Gasteiger partial charge on any atom is -0.468 e. The number of carbonyl (C=O) groups is 1. The first-order valence-electron chi connectivity index (χ1n) is 6.10. The molecule has 0 bridgehead atoms. The van der Waals surface area contributed by atoms with E-state index < -0.39 is 0 Å². The third-order valence-electron chi connectivity index (χ3n) is 2.48. The Bertz CT molecular complexity index is 285. The van der Waals surface area contributed by atoms with Gasteiger partial charge >= 0.3 is 0 Å². The molecule has 0 saturated heterocycles. The molecule has 0 saturated carbocycles. The van der Waals surface area contributed by atoms with Crippen molar-refractivity contribution >= 4 is 6.47 Å². The first-order chi connectivity index (χ1) is 8.43. The number of unbranched alkanes of at least 4 members (excludes halogenated alkanes) is 3. The first kappa shape index (κ1) is 13.7. The number of ether oxygens (including phenoxy) is 2. The molecule has 0 aliphatic rings. The van der Waals surface area contributed by atoms with E-state index in [9.17, 15) is 4.79 Å². The summed E-state index contributed by atoms with van der Waals surface area (Å²) in [6.45, 7) is 2.52. The van der Waals surface area contributed by atoms with Gasteiger partial charge in [0.1, 0.15) is 0 Å². The molecule has 0 spiro atoms. The molecule has 0 aromatic heterocycles. The number of carbonyl (C=O) groups excluding carboxylic acids is 1. The van der Waals surface area contributed by atoms with Crippen LogP contribution in [-0.4, -0.2) is 19.7 Å². The summed E-state index contributed by atoms with van der Waals surface area (Å²) in [6.07, 6.45) is 4.21. The van der Waals surface area contributed by atoms with Crippen LogP contribution < -0.4 is 0 Å². The number of hydrogen-bond donors (Lipinski definition) is 0. The fraction of sp³-hybridized carbons (Fsp3) is 0.500. The van der Waals surface area contributed by atoms with Crippen LogP contribution in [0.4, 0.5) is 0 Å². The molecule has 0 atom stereocenters. The summed E-state index contributed by atoms with van der Waals surface area (Å²) in [4.78, 5) is 9.87. The highest BCUT2D eigenvalue weighted by atomic mass is 16.5. The Morgan fingerprint density at radius 1 is 0.941 bits per heavy atom. The van der Waals surface area contributed by atoms with Gasteiger partial charge in [-0.2, -0.15) is 0 Å². The molecule has 0 aliphatic carbocycles. The molecule has 0 heterocycles. The van der Waals surface area contributed by atoms with E-state index in [4.69, 9.17) is 4.74 Å². The average molecular weight is 236 g/mol. The van der Waals surface area contributed by atoms with E-state index in [2.05, 4.69) is 16.9 Å². The van der Waals surface area contributed by atoms with Crippen molar-refractivity contribution in [1.29, 1.82) is 0 Å². The highest BCUT2D eigenvalue weighted by Crippen LogP contribution is 2.03. The van der Waals surface area contributed by atoms with Crippen molar-refractivity contribution in [2.24, 2.45) is 0 Å². The highest BCUT2D eigenvalue weighted by Gasteiger charge is 1.93. The van der Waals surface area contributed by atoms with Gasteiger partial charge in [0.05, 0.1) is 13.2 Å². The Morgan fingerprint density at radius 2 is 1.65 bits per heavy atom. The molecule has 3 nitrogen and oxygen atoms in total. The van der Waals surface area contributed by atoms with Crippen LogP contribution in [0.1, 0.15) is 31.2 Å². The maximum atomic E-state index is 9.87. The lowest BCUT2D eigenvalue weighted by Crippen LogP contribution is -1.96. The zero-order chi connectivity index (χ0) is 12.2. The van der Waals surface area contributed by atoms with Crippen molar-refractivity contribution in [2.45, 2.75) is 32.3 Å². The van der Waals surface area contributed by atoms with Gasteiger partial charge in [-0.15, -0.1) is 0 Å². The molecule has 1 aromatic rings. The number of hydrogen-bond acceptors (Lipinski definition) is 3. The van der Waals surface area contributed by atoms with E-state index in [1.165, 1.54) is 5.56 Å². The lowest BCUT2D eigenvalue weighted by atomic mass is 10.2. The summed E-state index contributed by atoms with van der Waals surface area (Å²) < 4.78 is 10.2. The summed E-state index contributed by atoms with van der Waals surface area (Å²) in [5.74, 6) is 0. The lowest BCUT2D eigenvalue weighted by Gasteiger charge is -2.04. The molecule has 0 amide bonds. The van der Waals surface area contributed by atoms with E-state index in [1.54, 1.807) is 0 Å². The molecule has 0 unspecified atom stereocenters. The van der Waals surface area contributed by atoms with Gasteiger partial charge in [0, 0.05) is 6.61 Å². The fourth-order valence-corrected chi connectivity index (χ4v) is 1.56. The van der Waals surface area contributed by atoms with Crippen LogP contribution in [0.3, 0.4) is 0 Å².